The summed E-state index contributed by atoms with van der Waals surface area (Å²) >= 11 is 0. The number of primary amides is 1. The van der Waals surface area contributed by atoms with Gasteiger partial charge in [-0.25, -0.2) is 4.79 Å². The molecule has 0 heterocycles. The molecular weight excluding hydrogens is 160 g/mol. The highest BCUT2D eigenvalue weighted by atomic mass is 16.5. The van der Waals surface area contributed by atoms with Crippen LogP contribution in [0.1, 0.15) is 13.8 Å². The zero-order valence-electron chi connectivity index (χ0n) is 7.46. The number of ether oxygens (including phenoxy) is 1. The molecule has 0 aliphatic heterocycles. The molecule has 0 fully saturated rings. The lowest BCUT2D eigenvalue weighted by Gasteiger charge is -2.17. The number of hydrogen-bond donors (Lipinski definition) is 2. The fourth-order valence-electron chi connectivity index (χ4n) is 0.739. The summed E-state index contributed by atoms with van der Waals surface area (Å²) < 4.78 is 4.48. The average molecular weight is 174 g/mol. The molecule has 5 nitrogen and oxygen atoms in total. The molecule has 0 aliphatic rings. The highest BCUT2D eigenvalue weighted by Gasteiger charge is 2.21. The quantitative estimate of drug-likeness (QED) is 0.584. The number of nitrogens with one attached hydrogen (secondary N) is 1. The summed E-state index contributed by atoms with van der Waals surface area (Å²) in [5.41, 5.74) is 4.87. The molecule has 2 atom stereocenters. The molecule has 0 aromatic carbocycles. The van der Waals surface area contributed by atoms with Crippen molar-refractivity contribution in [2.45, 2.75) is 19.9 Å². The Hall–Kier alpha value is -1.26. The summed E-state index contributed by atoms with van der Waals surface area (Å²) in [5.74, 6) is -0.751. The molecule has 0 spiro atoms. The minimum absolute atomic E-state index is 0.310. The number of esters is 1. The molecule has 70 valence electrons. The maximum Gasteiger partial charge on any atom is 0.312 e. The van der Waals surface area contributed by atoms with E-state index in [2.05, 4.69) is 10.1 Å². The van der Waals surface area contributed by atoms with Gasteiger partial charge in [0.1, 0.15) is 0 Å². The number of hydrogen-bond acceptors (Lipinski definition) is 3. The summed E-state index contributed by atoms with van der Waals surface area (Å²) in [6, 6.07) is -0.951. The number of nitrogens with two attached hydrogens (primary N) is 1. The van der Waals surface area contributed by atoms with Gasteiger partial charge in [0.15, 0.2) is 0 Å². The number of methoxy groups -OCH3 is 1. The molecule has 0 unspecified atom stereocenters. The molecule has 3 N–H and O–H groups in total. The van der Waals surface area contributed by atoms with Crippen LogP contribution in [0.3, 0.4) is 0 Å². The van der Waals surface area contributed by atoms with E-state index in [1.165, 1.54) is 7.11 Å². The zero-order chi connectivity index (χ0) is 9.72. The second-order valence-electron chi connectivity index (χ2n) is 2.61. The Morgan fingerprint density at radius 1 is 1.42 bits per heavy atom. The van der Waals surface area contributed by atoms with Crippen LogP contribution in [0.15, 0.2) is 0 Å². The van der Waals surface area contributed by atoms with Crippen molar-refractivity contribution in [2.75, 3.05) is 7.11 Å². The van der Waals surface area contributed by atoms with Crippen LogP contribution in [0.25, 0.3) is 0 Å². The number of amides is 2. The van der Waals surface area contributed by atoms with Gasteiger partial charge in [-0.1, -0.05) is 0 Å². The van der Waals surface area contributed by atoms with Crippen LogP contribution < -0.4 is 11.1 Å². The molecule has 0 rings (SSSR count). The Balaban J connectivity index is 4.00. The van der Waals surface area contributed by atoms with Crippen molar-refractivity contribution >= 4 is 12.0 Å². The van der Waals surface area contributed by atoms with Gasteiger partial charge in [0.05, 0.1) is 13.0 Å². The molecule has 0 saturated heterocycles. The first kappa shape index (κ1) is 10.7. The third-order valence-corrected chi connectivity index (χ3v) is 1.69. The van der Waals surface area contributed by atoms with E-state index in [1.54, 1.807) is 13.8 Å². The summed E-state index contributed by atoms with van der Waals surface area (Å²) in [6.07, 6.45) is 0. The van der Waals surface area contributed by atoms with Crippen LogP contribution in [-0.4, -0.2) is 25.2 Å². The lowest BCUT2D eigenvalue weighted by Crippen LogP contribution is -2.43. The number of carbonyl (C=O) groups excluding carboxylic acids is 2. The highest BCUT2D eigenvalue weighted by molar-refractivity contribution is 5.76. The molecule has 2 amide bonds. The largest absolute Gasteiger partial charge is 0.469 e. The minimum Gasteiger partial charge on any atom is -0.469 e. The van der Waals surface area contributed by atoms with Crippen molar-refractivity contribution in [1.82, 2.24) is 5.32 Å². The van der Waals surface area contributed by atoms with Crippen molar-refractivity contribution in [3.05, 3.63) is 0 Å². The Morgan fingerprint density at radius 2 is 1.92 bits per heavy atom. The molecule has 0 radical (unpaired) electrons. The van der Waals surface area contributed by atoms with E-state index in [0.717, 1.165) is 0 Å². The van der Waals surface area contributed by atoms with E-state index >= 15 is 0 Å². The van der Waals surface area contributed by atoms with Crippen LogP contribution in [0.4, 0.5) is 4.79 Å². The van der Waals surface area contributed by atoms with Crippen molar-refractivity contribution in [1.29, 1.82) is 0 Å². The van der Waals surface area contributed by atoms with E-state index in [0.29, 0.717) is 0 Å². The minimum atomic E-state index is -0.641. The molecule has 12 heavy (non-hydrogen) atoms. The summed E-state index contributed by atoms with van der Waals surface area (Å²) in [6.45, 7) is 3.35. The smallest absolute Gasteiger partial charge is 0.312 e. The molecule has 0 aliphatic carbocycles. The fourth-order valence-corrected chi connectivity index (χ4v) is 0.739. The van der Waals surface area contributed by atoms with Gasteiger partial charge >= 0.3 is 12.0 Å². The summed E-state index contributed by atoms with van der Waals surface area (Å²) in [5, 5.41) is 2.40. The van der Waals surface area contributed by atoms with Crippen LogP contribution in [0.2, 0.25) is 0 Å². The number of carbonyl (C=O) groups is 2. The van der Waals surface area contributed by atoms with Gasteiger partial charge in [0.25, 0.3) is 0 Å². The van der Waals surface area contributed by atoms with Crippen molar-refractivity contribution < 1.29 is 14.3 Å². The van der Waals surface area contributed by atoms with E-state index < -0.39 is 6.03 Å². The van der Waals surface area contributed by atoms with E-state index in [-0.39, 0.29) is 17.9 Å². The molecule has 0 saturated carbocycles. The second-order valence-corrected chi connectivity index (χ2v) is 2.61. The maximum atomic E-state index is 10.9. The van der Waals surface area contributed by atoms with E-state index in [9.17, 15) is 9.59 Å². The Labute approximate surface area is 71.3 Å². The maximum absolute atomic E-state index is 10.9. The second kappa shape index (κ2) is 4.58. The average Bonchev–Trinajstić information content (AvgIpc) is 2.00. The number of rotatable bonds is 3. The highest BCUT2D eigenvalue weighted by Crippen LogP contribution is 2.03. The monoisotopic (exact) mass is 174 g/mol. The summed E-state index contributed by atoms with van der Waals surface area (Å²) in [4.78, 5) is 21.3. The van der Waals surface area contributed by atoms with Gasteiger partial charge in [0, 0.05) is 6.04 Å². The normalized spacial score (nSPS) is 14.6. The van der Waals surface area contributed by atoms with Crippen LogP contribution in [0, 0.1) is 5.92 Å². The molecule has 0 aromatic rings. The van der Waals surface area contributed by atoms with Crippen LogP contribution >= 0.6 is 0 Å². The molecule has 0 aromatic heterocycles. The Morgan fingerprint density at radius 3 is 2.25 bits per heavy atom. The third kappa shape index (κ3) is 3.23. The van der Waals surface area contributed by atoms with Gasteiger partial charge in [-0.05, 0) is 13.8 Å². The van der Waals surface area contributed by atoms with Crippen molar-refractivity contribution in [2.24, 2.45) is 11.7 Å². The SMILES string of the molecule is COC(=O)[C@@H](C)[C@@H](C)NC(N)=O. The Bertz CT molecular complexity index is 181. The lowest BCUT2D eigenvalue weighted by molar-refractivity contribution is -0.145. The van der Waals surface area contributed by atoms with Crippen molar-refractivity contribution in [3.63, 3.8) is 0 Å². The van der Waals surface area contributed by atoms with Gasteiger partial charge < -0.3 is 15.8 Å². The first-order valence-corrected chi connectivity index (χ1v) is 3.62. The first-order valence-electron chi connectivity index (χ1n) is 3.62. The molecule has 0 bridgehead atoms. The van der Waals surface area contributed by atoms with Gasteiger partial charge in [-0.15, -0.1) is 0 Å². The first-order chi connectivity index (χ1) is 5.49. The predicted octanol–water partition coefficient (Wildman–Crippen LogP) is -0.148. The lowest BCUT2D eigenvalue weighted by atomic mass is 10.0. The Kier molecular flexibility index (Phi) is 4.10. The summed E-state index contributed by atoms with van der Waals surface area (Å²) in [7, 11) is 1.30. The number of urea groups is 1. The van der Waals surface area contributed by atoms with Crippen LogP contribution in [0.5, 0.6) is 0 Å². The van der Waals surface area contributed by atoms with Crippen molar-refractivity contribution in [3.8, 4) is 0 Å². The molecular formula is C7H14N2O3. The standard InChI is InChI=1S/C7H14N2O3/c1-4(6(10)12-3)5(2)9-7(8)11/h4-5H,1-3H3,(H3,8,9,11)/t4-,5+/m0/s1. The van der Waals surface area contributed by atoms with Gasteiger partial charge in [-0.3, -0.25) is 4.79 Å². The zero-order valence-corrected chi connectivity index (χ0v) is 7.46. The van der Waals surface area contributed by atoms with Gasteiger partial charge in [0.2, 0.25) is 0 Å². The predicted molar refractivity (Wildman–Crippen MR) is 43.4 cm³/mol. The van der Waals surface area contributed by atoms with E-state index in [4.69, 9.17) is 5.73 Å². The third-order valence-electron chi connectivity index (χ3n) is 1.69. The van der Waals surface area contributed by atoms with Gasteiger partial charge in [-0.2, -0.15) is 0 Å². The fraction of sp³-hybridized carbons (Fsp3) is 0.714. The molecule has 5 heteroatoms. The van der Waals surface area contributed by atoms with E-state index in [1.807, 2.05) is 0 Å². The van der Waals surface area contributed by atoms with Crippen LogP contribution in [-0.2, 0) is 9.53 Å². The topological polar surface area (TPSA) is 81.4 Å².